The first-order chi connectivity index (χ1) is 13.6. The fraction of sp³-hybridized carbons (Fsp3) is 0.0800. The molecule has 3 heteroatoms. The maximum atomic E-state index is 10.4. The van der Waals surface area contributed by atoms with Crippen molar-refractivity contribution >= 4 is 11.6 Å². The Labute approximate surface area is 170 Å². The predicted octanol–water partition coefficient (Wildman–Crippen LogP) is 6.67. The molecule has 0 aliphatic carbocycles. The summed E-state index contributed by atoms with van der Waals surface area (Å²) in [5.74, 6) is 0.223. The van der Waals surface area contributed by atoms with Gasteiger partial charge in [-0.05, 0) is 60.4 Å². The molecule has 0 radical (unpaired) electrons. The normalized spacial score (nSPS) is 10.8. The summed E-state index contributed by atoms with van der Waals surface area (Å²) in [6.07, 6.45) is 0.807. The van der Waals surface area contributed by atoms with Gasteiger partial charge >= 0.3 is 0 Å². The number of para-hydroxylation sites is 1. The number of aromatic nitrogens is 1. The smallest absolute Gasteiger partial charge is 0.124 e. The van der Waals surface area contributed by atoms with Crippen molar-refractivity contribution in [2.24, 2.45) is 0 Å². The highest BCUT2D eigenvalue weighted by atomic mass is 35.5. The molecule has 0 bridgehead atoms. The van der Waals surface area contributed by atoms with E-state index in [2.05, 4.69) is 30.3 Å². The highest BCUT2D eigenvalue weighted by Gasteiger charge is 2.16. The Morgan fingerprint density at radius 3 is 2.21 bits per heavy atom. The van der Waals surface area contributed by atoms with Crippen LogP contribution >= 0.6 is 11.6 Å². The molecule has 0 unspecified atom stereocenters. The minimum absolute atomic E-state index is 0.223. The third kappa shape index (κ3) is 3.78. The first kappa shape index (κ1) is 18.3. The number of benzene rings is 3. The van der Waals surface area contributed by atoms with Gasteiger partial charge in [0.15, 0.2) is 0 Å². The molecule has 0 spiro atoms. The Morgan fingerprint density at radius 1 is 0.821 bits per heavy atom. The molecule has 1 N–H and O–H groups in total. The molecule has 0 saturated carbocycles. The SMILES string of the molecule is Cc1nc(-c2ccccc2O)c(-c2ccc(Cl)cc2)cc1Cc1ccccc1. The molecule has 28 heavy (non-hydrogen) atoms. The molecule has 2 nitrogen and oxygen atoms in total. The maximum absolute atomic E-state index is 10.4. The van der Waals surface area contributed by atoms with Gasteiger partial charge in [-0.25, -0.2) is 0 Å². The predicted molar refractivity (Wildman–Crippen MR) is 116 cm³/mol. The van der Waals surface area contributed by atoms with Crippen LogP contribution in [0, 0.1) is 6.92 Å². The Balaban J connectivity index is 1.89. The summed E-state index contributed by atoms with van der Waals surface area (Å²) < 4.78 is 0. The number of hydrogen-bond donors (Lipinski definition) is 1. The third-order valence-electron chi connectivity index (χ3n) is 4.87. The average Bonchev–Trinajstić information content (AvgIpc) is 2.71. The largest absolute Gasteiger partial charge is 0.507 e. The zero-order chi connectivity index (χ0) is 19.5. The number of aromatic hydroxyl groups is 1. The number of aryl methyl sites for hydroxylation is 1. The molecule has 0 saturated heterocycles. The van der Waals surface area contributed by atoms with Crippen LogP contribution in [0.5, 0.6) is 5.75 Å². The standard InChI is InChI=1S/C25H20ClNO/c1-17-20(15-18-7-3-2-4-8-18)16-23(19-11-13-21(26)14-12-19)25(27-17)22-9-5-6-10-24(22)28/h2-14,16,28H,15H2,1H3. The molecular weight excluding hydrogens is 366 g/mol. The molecule has 1 heterocycles. The van der Waals surface area contributed by atoms with Gasteiger partial charge in [0.2, 0.25) is 0 Å². The zero-order valence-electron chi connectivity index (χ0n) is 15.6. The Hall–Kier alpha value is -3.10. The molecular formula is C25H20ClNO. The zero-order valence-corrected chi connectivity index (χ0v) is 16.3. The van der Waals surface area contributed by atoms with Crippen LogP contribution in [0.25, 0.3) is 22.4 Å². The number of nitrogens with zero attached hydrogens (tertiary/aromatic N) is 1. The molecule has 1 aromatic heterocycles. The second-order valence-corrected chi connectivity index (χ2v) is 7.25. The van der Waals surface area contributed by atoms with Gasteiger partial charge in [-0.3, -0.25) is 4.98 Å². The lowest BCUT2D eigenvalue weighted by molar-refractivity contribution is 0.477. The van der Waals surface area contributed by atoms with Crippen molar-refractivity contribution in [3.63, 3.8) is 0 Å². The van der Waals surface area contributed by atoms with E-state index >= 15 is 0 Å². The second-order valence-electron chi connectivity index (χ2n) is 6.82. The summed E-state index contributed by atoms with van der Waals surface area (Å²) in [5, 5.41) is 11.1. The fourth-order valence-electron chi connectivity index (χ4n) is 3.37. The van der Waals surface area contributed by atoms with E-state index in [4.69, 9.17) is 16.6 Å². The van der Waals surface area contributed by atoms with Crippen molar-refractivity contribution in [1.29, 1.82) is 0 Å². The van der Waals surface area contributed by atoms with Gasteiger partial charge in [0.05, 0.1) is 5.69 Å². The van der Waals surface area contributed by atoms with Gasteiger partial charge in [0.25, 0.3) is 0 Å². The summed E-state index contributed by atoms with van der Waals surface area (Å²) in [5.41, 5.74) is 6.86. The van der Waals surface area contributed by atoms with Gasteiger partial charge in [-0.2, -0.15) is 0 Å². The van der Waals surface area contributed by atoms with Gasteiger partial charge in [-0.15, -0.1) is 0 Å². The molecule has 0 fully saturated rings. The lowest BCUT2D eigenvalue weighted by Gasteiger charge is -2.15. The summed E-state index contributed by atoms with van der Waals surface area (Å²) >= 11 is 6.09. The van der Waals surface area contributed by atoms with Crippen molar-refractivity contribution in [2.45, 2.75) is 13.3 Å². The van der Waals surface area contributed by atoms with Crippen LogP contribution in [0.1, 0.15) is 16.8 Å². The summed E-state index contributed by atoms with van der Waals surface area (Å²) in [6.45, 7) is 2.02. The molecule has 138 valence electrons. The van der Waals surface area contributed by atoms with Crippen LogP contribution in [-0.2, 0) is 6.42 Å². The maximum Gasteiger partial charge on any atom is 0.124 e. The molecule has 0 atom stereocenters. The molecule has 3 aromatic carbocycles. The Bertz CT molecular complexity index is 1110. The Kier molecular flexibility index (Phi) is 5.14. The average molecular weight is 386 g/mol. The summed E-state index contributed by atoms with van der Waals surface area (Å²) in [6, 6.07) is 27.6. The van der Waals surface area contributed by atoms with E-state index in [1.165, 1.54) is 5.56 Å². The fourth-order valence-corrected chi connectivity index (χ4v) is 3.50. The highest BCUT2D eigenvalue weighted by molar-refractivity contribution is 6.30. The van der Waals surface area contributed by atoms with Crippen molar-refractivity contribution in [2.75, 3.05) is 0 Å². The number of pyridine rings is 1. The number of hydrogen-bond acceptors (Lipinski definition) is 2. The topological polar surface area (TPSA) is 33.1 Å². The first-order valence-corrected chi connectivity index (χ1v) is 9.58. The van der Waals surface area contributed by atoms with E-state index in [0.717, 1.165) is 40.1 Å². The summed E-state index contributed by atoms with van der Waals surface area (Å²) in [7, 11) is 0. The van der Waals surface area contributed by atoms with E-state index in [-0.39, 0.29) is 5.75 Å². The molecule has 0 aliphatic heterocycles. The third-order valence-corrected chi connectivity index (χ3v) is 5.12. The molecule has 4 aromatic rings. The molecule has 0 amide bonds. The van der Waals surface area contributed by atoms with Gasteiger partial charge in [0, 0.05) is 21.8 Å². The van der Waals surface area contributed by atoms with Crippen molar-refractivity contribution in [1.82, 2.24) is 4.98 Å². The molecule has 4 rings (SSSR count). The minimum Gasteiger partial charge on any atom is -0.507 e. The number of rotatable bonds is 4. The van der Waals surface area contributed by atoms with Gasteiger partial charge < -0.3 is 5.11 Å². The lowest BCUT2D eigenvalue weighted by atomic mass is 9.94. The number of phenols is 1. The van der Waals surface area contributed by atoms with Crippen LogP contribution in [0.15, 0.2) is 84.9 Å². The minimum atomic E-state index is 0.223. The van der Waals surface area contributed by atoms with Gasteiger partial charge in [-0.1, -0.05) is 66.2 Å². The van der Waals surface area contributed by atoms with E-state index < -0.39 is 0 Å². The van der Waals surface area contributed by atoms with Crippen LogP contribution in [0.2, 0.25) is 5.02 Å². The summed E-state index contributed by atoms with van der Waals surface area (Å²) in [4.78, 5) is 4.91. The monoisotopic (exact) mass is 385 g/mol. The van der Waals surface area contributed by atoms with Crippen LogP contribution in [-0.4, -0.2) is 10.1 Å². The van der Waals surface area contributed by atoms with E-state index in [9.17, 15) is 5.11 Å². The number of phenolic OH excluding ortho intramolecular Hbond substituents is 1. The van der Waals surface area contributed by atoms with Gasteiger partial charge in [0.1, 0.15) is 5.75 Å². The quantitative estimate of drug-likeness (QED) is 0.425. The van der Waals surface area contributed by atoms with E-state index in [1.54, 1.807) is 6.07 Å². The number of halogens is 1. The van der Waals surface area contributed by atoms with Crippen molar-refractivity contribution in [3.05, 3.63) is 107 Å². The van der Waals surface area contributed by atoms with Crippen LogP contribution in [0.3, 0.4) is 0 Å². The second kappa shape index (κ2) is 7.87. The first-order valence-electron chi connectivity index (χ1n) is 9.20. The van der Waals surface area contributed by atoms with Crippen LogP contribution < -0.4 is 0 Å². The highest BCUT2D eigenvalue weighted by Crippen LogP contribution is 2.37. The molecule has 0 aliphatic rings. The van der Waals surface area contributed by atoms with E-state index in [0.29, 0.717) is 5.02 Å². The Morgan fingerprint density at radius 2 is 1.50 bits per heavy atom. The lowest BCUT2D eigenvalue weighted by Crippen LogP contribution is -2.00. The van der Waals surface area contributed by atoms with Crippen LogP contribution in [0.4, 0.5) is 0 Å². The van der Waals surface area contributed by atoms with Crippen molar-refractivity contribution < 1.29 is 5.11 Å². The van der Waals surface area contributed by atoms with Crippen molar-refractivity contribution in [3.8, 4) is 28.1 Å². The van der Waals surface area contributed by atoms with E-state index in [1.807, 2.05) is 55.5 Å².